The van der Waals surface area contributed by atoms with Crippen molar-refractivity contribution in [1.29, 1.82) is 0 Å². The van der Waals surface area contributed by atoms with Crippen LogP contribution in [0.5, 0.6) is 0 Å². The van der Waals surface area contributed by atoms with Gasteiger partial charge in [-0.1, -0.05) is 26.8 Å². The summed E-state index contributed by atoms with van der Waals surface area (Å²) >= 11 is 3.39. The molecule has 0 bridgehead atoms. The summed E-state index contributed by atoms with van der Waals surface area (Å²) < 4.78 is 27.9. The molecular weight excluding hydrogens is 352 g/mol. The molecule has 4 nitrogen and oxygen atoms in total. The Morgan fingerprint density at radius 3 is 2.48 bits per heavy atom. The van der Waals surface area contributed by atoms with Gasteiger partial charge in [0.1, 0.15) is 0 Å². The third-order valence-electron chi connectivity index (χ3n) is 4.15. The van der Waals surface area contributed by atoms with Gasteiger partial charge < -0.3 is 5.32 Å². The highest BCUT2D eigenvalue weighted by molar-refractivity contribution is 9.10. The molecule has 1 saturated heterocycles. The van der Waals surface area contributed by atoms with Crippen LogP contribution in [0.15, 0.2) is 27.6 Å². The first-order valence-electron chi connectivity index (χ1n) is 7.35. The second-order valence-electron chi connectivity index (χ2n) is 5.82. The van der Waals surface area contributed by atoms with E-state index in [-0.39, 0.29) is 0 Å². The standard InChI is InChI=1S/C15H23BrN2O2S/c1-4-17-8-13-5-6-14(16)15(7-13)21(19,20)18-9-11(2)12(3)10-18/h5-7,11-12,17H,4,8-10H2,1-3H3. The lowest BCUT2D eigenvalue weighted by Crippen LogP contribution is -2.29. The monoisotopic (exact) mass is 374 g/mol. The maximum absolute atomic E-state index is 12.8. The van der Waals surface area contributed by atoms with Gasteiger partial charge >= 0.3 is 0 Å². The predicted octanol–water partition coefficient (Wildman–Crippen LogP) is 2.84. The molecular formula is C15H23BrN2O2S. The fraction of sp³-hybridized carbons (Fsp3) is 0.600. The average molecular weight is 375 g/mol. The zero-order chi connectivity index (χ0) is 15.6. The largest absolute Gasteiger partial charge is 0.313 e. The second kappa shape index (κ2) is 6.77. The molecule has 1 heterocycles. The third-order valence-corrected chi connectivity index (χ3v) is 6.97. The molecule has 0 radical (unpaired) electrons. The van der Waals surface area contributed by atoms with Crippen LogP contribution in [0.1, 0.15) is 26.3 Å². The summed E-state index contributed by atoms with van der Waals surface area (Å²) in [5, 5.41) is 3.22. The van der Waals surface area contributed by atoms with Crippen molar-refractivity contribution in [3.8, 4) is 0 Å². The van der Waals surface area contributed by atoms with Crippen molar-refractivity contribution < 1.29 is 8.42 Å². The van der Waals surface area contributed by atoms with E-state index in [1.807, 2.05) is 19.1 Å². The minimum absolute atomic E-state index is 0.374. The molecule has 1 aromatic rings. The van der Waals surface area contributed by atoms with Crippen LogP contribution in [-0.2, 0) is 16.6 Å². The smallest absolute Gasteiger partial charge is 0.244 e. The molecule has 1 aliphatic rings. The number of nitrogens with one attached hydrogen (secondary N) is 1. The van der Waals surface area contributed by atoms with Crippen molar-refractivity contribution in [2.45, 2.75) is 32.2 Å². The number of sulfonamides is 1. The van der Waals surface area contributed by atoms with Crippen LogP contribution in [0.4, 0.5) is 0 Å². The Labute approximate surface area is 136 Å². The van der Waals surface area contributed by atoms with Gasteiger partial charge in [0.15, 0.2) is 0 Å². The van der Waals surface area contributed by atoms with Crippen molar-refractivity contribution in [1.82, 2.24) is 9.62 Å². The first-order valence-corrected chi connectivity index (χ1v) is 9.58. The molecule has 2 rings (SSSR count). The fourth-order valence-corrected chi connectivity index (χ4v) is 5.15. The lowest BCUT2D eigenvalue weighted by atomic mass is 10.0. The van der Waals surface area contributed by atoms with E-state index in [4.69, 9.17) is 0 Å². The van der Waals surface area contributed by atoms with Gasteiger partial charge in [0.25, 0.3) is 0 Å². The lowest BCUT2D eigenvalue weighted by molar-refractivity contribution is 0.462. The quantitative estimate of drug-likeness (QED) is 0.861. The minimum atomic E-state index is -3.42. The molecule has 0 saturated carbocycles. The second-order valence-corrected chi connectivity index (χ2v) is 8.58. The van der Waals surface area contributed by atoms with Crippen LogP contribution < -0.4 is 5.32 Å². The average Bonchev–Trinajstić information content (AvgIpc) is 2.78. The molecule has 2 unspecified atom stereocenters. The van der Waals surface area contributed by atoms with Crippen LogP contribution >= 0.6 is 15.9 Å². The van der Waals surface area contributed by atoms with Crippen LogP contribution in [0, 0.1) is 11.8 Å². The Balaban J connectivity index is 2.31. The zero-order valence-electron chi connectivity index (χ0n) is 12.8. The van der Waals surface area contributed by atoms with Gasteiger partial charge in [-0.15, -0.1) is 0 Å². The molecule has 118 valence electrons. The predicted molar refractivity (Wildman–Crippen MR) is 88.6 cm³/mol. The fourth-order valence-electron chi connectivity index (χ4n) is 2.54. The third kappa shape index (κ3) is 3.67. The topological polar surface area (TPSA) is 49.4 Å². The molecule has 0 aliphatic carbocycles. The summed E-state index contributed by atoms with van der Waals surface area (Å²) in [6.45, 7) is 9.00. The Morgan fingerprint density at radius 2 is 1.90 bits per heavy atom. The molecule has 0 aromatic heterocycles. The van der Waals surface area contributed by atoms with Gasteiger partial charge in [0.05, 0.1) is 4.90 Å². The number of nitrogens with zero attached hydrogens (tertiary/aromatic N) is 1. The lowest BCUT2D eigenvalue weighted by Gasteiger charge is -2.18. The van der Waals surface area contributed by atoms with Crippen molar-refractivity contribution in [2.75, 3.05) is 19.6 Å². The summed E-state index contributed by atoms with van der Waals surface area (Å²) in [5.41, 5.74) is 0.985. The van der Waals surface area contributed by atoms with E-state index in [1.54, 1.807) is 10.4 Å². The van der Waals surface area contributed by atoms with Crippen molar-refractivity contribution >= 4 is 26.0 Å². The summed E-state index contributed by atoms with van der Waals surface area (Å²) in [6, 6.07) is 5.54. The van der Waals surface area contributed by atoms with E-state index < -0.39 is 10.0 Å². The van der Waals surface area contributed by atoms with E-state index in [9.17, 15) is 8.42 Å². The highest BCUT2D eigenvalue weighted by Crippen LogP contribution is 2.31. The Hall–Kier alpha value is -0.430. The number of benzene rings is 1. The summed E-state index contributed by atoms with van der Waals surface area (Å²) in [5.74, 6) is 0.812. The van der Waals surface area contributed by atoms with Crippen LogP contribution in [-0.4, -0.2) is 32.4 Å². The molecule has 0 amide bonds. The highest BCUT2D eigenvalue weighted by atomic mass is 79.9. The van der Waals surface area contributed by atoms with Crippen LogP contribution in [0.25, 0.3) is 0 Å². The van der Waals surface area contributed by atoms with Gasteiger partial charge in [-0.3, -0.25) is 0 Å². The van der Waals surface area contributed by atoms with Gasteiger partial charge in [0.2, 0.25) is 10.0 Å². The van der Waals surface area contributed by atoms with E-state index in [2.05, 4.69) is 35.1 Å². The Kier molecular flexibility index (Phi) is 5.46. The molecule has 1 aliphatic heterocycles. The van der Waals surface area contributed by atoms with Gasteiger partial charge in [-0.05, 0) is 52.0 Å². The first-order chi connectivity index (χ1) is 9.86. The molecule has 21 heavy (non-hydrogen) atoms. The molecule has 1 N–H and O–H groups in total. The minimum Gasteiger partial charge on any atom is -0.313 e. The van der Waals surface area contributed by atoms with E-state index in [0.29, 0.717) is 40.8 Å². The molecule has 0 spiro atoms. The number of rotatable bonds is 5. The number of hydrogen-bond acceptors (Lipinski definition) is 3. The highest BCUT2D eigenvalue weighted by Gasteiger charge is 2.35. The van der Waals surface area contributed by atoms with Gasteiger partial charge in [0, 0.05) is 24.1 Å². The van der Waals surface area contributed by atoms with Crippen molar-refractivity contribution in [3.63, 3.8) is 0 Å². The van der Waals surface area contributed by atoms with Crippen LogP contribution in [0.2, 0.25) is 0 Å². The van der Waals surface area contributed by atoms with E-state index in [0.717, 1.165) is 12.1 Å². The first kappa shape index (κ1) is 16.9. The normalized spacial score (nSPS) is 23.6. The Morgan fingerprint density at radius 1 is 1.29 bits per heavy atom. The number of halogens is 1. The molecule has 2 atom stereocenters. The summed E-state index contributed by atoms with van der Waals surface area (Å²) in [4.78, 5) is 0.374. The maximum Gasteiger partial charge on any atom is 0.244 e. The molecule has 6 heteroatoms. The van der Waals surface area contributed by atoms with Crippen LogP contribution in [0.3, 0.4) is 0 Å². The Bertz CT molecular complexity index is 594. The van der Waals surface area contributed by atoms with Crippen molar-refractivity contribution in [2.24, 2.45) is 11.8 Å². The summed E-state index contributed by atoms with van der Waals surface area (Å²) in [7, 11) is -3.42. The molecule has 1 fully saturated rings. The van der Waals surface area contributed by atoms with Gasteiger partial charge in [-0.25, -0.2) is 8.42 Å². The zero-order valence-corrected chi connectivity index (χ0v) is 15.2. The van der Waals surface area contributed by atoms with Gasteiger partial charge in [-0.2, -0.15) is 4.31 Å². The molecule has 1 aromatic carbocycles. The van der Waals surface area contributed by atoms with E-state index >= 15 is 0 Å². The number of hydrogen-bond donors (Lipinski definition) is 1. The SMILES string of the molecule is CCNCc1ccc(Br)c(S(=O)(=O)N2CC(C)C(C)C2)c1. The van der Waals surface area contributed by atoms with Crippen molar-refractivity contribution in [3.05, 3.63) is 28.2 Å². The maximum atomic E-state index is 12.8. The summed E-state index contributed by atoms with van der Waals surface area (Å²) in [6.07, 6.45) is 0. The van der Waals surface area contributed by atoms with E-state index in [1.165, 1.54) is 0 Å².